The first-order valence-electron chi connectivity index (χ1n) is 26.2. The van der Waals surface area contributed by atoms with E-state index < -0.39 is 0 Å². The maximum atomic E-state index is 16.9. The van der Waals surface area contributed by atoms with Gasteiger partial charge in [0, 0.05) is 22.1 Å². The molecule has 0 fully saturated rings. The SMILES string of the molecule is Cc1cccc(C)c1-c1cc(-c2c(C)cccc2C)cc(N(c2ccccc2F)c2ccc3ccc4c(N(c5cc(-c6c(C)cccc6C)cc(-c6c(C)cccc6C)c5)c5ccccc5F)ccc5ccc2c3c54)c1. The van der Waals surface area contributed by atoms with E-state index in [1.54, 1.807) is 24.3 Å². The molecule has 0 bridgehead atoms. The molecule has 76 heavy (non-hydrogen) atoms. The zero-order valence-corrected chi connectivity index (χ0v) is 44.3. The number of hydrogen-bond acceptors (Lipinski definition) is 2. The maximum Gasteiger partial charge on any atom is 0.147 e. The predicted octanol–water partition coefficient (Wildman–Crippen LogP) is 20.9. The Kier molecular flexibility index (Phi) is 12.1. The van der Waals surface area contributed by atoms with Crippen LogP contribution in [0.5, 0.6) is 0 Å². The van der Waals surface area contributed by atoms with Crippen LogP contribution < -0.4 is 9.80 Å². The van der Waals surface area contributed by atoms with Gasteiger partial charge in [0.15, 0.2) is 0 Å². The summed E-state index contributed by atoms with van der Waals surface area (Å²) in [7, 11) is 0. The van der Waals surface area contributed by atoms with E-state index in [-0.39, 0.29) is 11.6 Å². The van der Waals surface area contributed by atoms with Crippen LogP contribution in [0.1, 0.15) is 44.5 Å². The molecule has 0 spiro atoms. The Morgan fingerprint density at radius 3 is 0.829 bits per heavy atom. The number of halogens is 2. The van der Waals surface area contributed by atoms with Crippen molar-refractivity contribution in [1.29, 1.82) is 0 Å². The summed E-state index contributed by atoms with van der Waals surface area (Å²) in [5, 5.41) is 6.13. The van der Waals surface area contributed by atoms with Crippen molar-refractivity contribution in [3.63, 3.8) is 0 Å². The van der Waals surface area contributed by atoms with Gasteiger partial charge < -0.3 is 9.80 Å². The van der Waals surface area contributed by atoms with Gasteiger partial charge in [0.05, 0.1) is 22.7 Å². The Bertz CT molecular complexity index is 3770. The van der Waals surface area contributed by atoms with Gasteiger partial charge in [0.25, 0.3) is 0 Å². The zero-order valence-electron chi connectivity index (χ0n) is 44.3. The second-order valence-electron chi connectivity index (χ2n) is 20.8. The third kappa shape index (κ3) is 8.17. The van der Waals surface area contributed by atoms with Crippen molar-refractivity contribution < 1.29 is 8.78 Å². The van der Waals surface area contributed by atoms with Gasteiger partial charge in [-0.05, 0) is 239 Å². The molecule has 12 aromatic carbocycles. The van der Waals surface area contributed by atoms with Gasteiger partial charge in [0.2, 0.25) is 0 Å². The van der Waals surface area contributed by atoms with Crippen LogP contribution in [0, 0.1) is 67.0 Å². The van der Waals surface area contributed by atoms with Crippen molar-refractivity contribution in [2.75, 3.05) is 9.80 Å². The van der Waals surface area contributed by atoms with E-state index in [4.69, 9.17) is 0 Å². The maximum absolute atomic E-state index is 16.9. The fourth-order valence-corrected chi connectivity index (χ4v) is 12.4. The molecule has 2 nitrogen and oxygen atoms in total. The lowest BCUT2D eigenvalue weighted by molar-refractivity contribution is 0.628. The first kappa shape index (κ1) is 48.1. The molecular formula is C72H58F2N2. The van der Waals surface area contributed by atoms with E-state index >= 15 is 8.78 Å². The third-order valence-corrected chi connectivity index (χ3v) is 15.7. The average Bonchev–Trinajstić information content (AvgIpc) is 3.50. The summed E-state index contributed by atoms with van der Waals surface area (Å²) in [6.07, 6.45) is 0. The number of benzene rings is 12. The summed E-state index contributed by atoms with van der Waals surface area (Å²) in [5.41, 5.74) is 22.5. The summed E-state index contributed by atoms with van der Waals surface area (Å²) >= 11 is 0. The zero-order chi connectivity index (χ0) is 52.5. The lowest BCUT2D eigenvalue weighted by Gasteiger charge is -2.31. The average molecular weight is 989 g/mol. The molecular weight excluding hydrogens is 931 g/mol. The molecule has 0 aliphatic heterocycles. The summed E-state index contributed by atoms with van der Waals surface area (Å²) in [6, 6.07) is 70.7. The molecule has 0 aromatic heterocycles. The largest absolute Gasteiger partial charge is 0.307 e. The van der Waals surface area contributed by atoms with E-state index in [0.29, 0.717) is 11.4 Å². The molecule has 0 N–H and O–H groups in total. The van der Waals surface area contributed by atoms with E-state index in [2.05, 4.69) is 223 Å². The Labute approximate surface area is 445 Å². The minimum Gasteiger partial charge on any atom is -0.307 e. The smallest absolute Gasteiger partial charge is 0.147 e. The Morgan fingerprint density at radius 2 is 0.539 bits per heavy atom. The number of anilines is 6. The van der Waals surface area contributed by atoms with Gasteiger partial charge in [-0.2, -0.15) is 0 Å². The van der Waals surface area contributed by atoms with Crippen molar-refractivity contribution in [2.24, 2.45) is 0 Å². The van der Waals surface area contributed by atoms with Crippen LogP contribution in [0.4, 0.5) is 42.9 Å². The van der Waals surface area contributed by atoms with Gasteiger partial charge in [-0.3, -0.25) is 0 Å². The fraction of sp³-hybridized carbons (Fsp3) is 0.111. The molecule has 370 valence electrons. The van der Waals surface area contributed by atoms with Crippen LogP contribution in [0.25, 0.3) is 76.8 Å². The minimum atomic E-state index is -0.328. The summed E-state index contributed by atoms with van der Waals surface area (Å²) in [4.78, 5) is 4.21. The normalized spacial score (nSPS) is 11.6. The third-order valence-electron chi connectivity index (χ3n) is 15.7. The molecule has 0 saturated carbocycles. The van der Waals surface area contributed by atoms with Crippen LogP contribution in [-0.4, -0.2) is 0 Å². The Morgan fingerprint density at radius 1 is 0.263 bits per heavy atom. The van der Waals surface area contributed by atoms with Gasteiger partial charge in [-0.1, -0.05) is 133 Å². The molecule has 0 radical (unpaired) electrons. The number of hydrogen-bond donors (Lipinski definition) is 0. The second kappa shape index (κ2) is 19.1. The molecule has 12 aromatic rings. The molecule has 12 rings (SSSR count). The highest BCUT2D eigenvalue weighted by Gasteiger charge is 2.26. The molecule has 0 saturated heterocycles. The summed E-state index contributed by atoms with van der Waals surface area (Å²) in [6.45, 7) is 17.3. The van der Waals surface area contributed by atoms with Crippen LogP contribution in [0.3, 0.4) is 0 Å². The van der Waals surface area contributed by atoms with Crippen molar-refractivity contribution in [2.45, 2.75) is 55.4 Å². The molecule has 0 aliphatic rings. The second-order valence-corrected chi connectivity index (χ2v) is 20.8. The van der Waals surface area contributed by atoms with Crippen molar-refractivity contribution >= 4 is 66.4 Å². The van der Waals surface area contributed by atoms with Crippen LogP contribution in [0.15, 0.2) is 206 Å². The molecule has 0 heterocycles. The lowest BCUT2D eigenvalue weighted by Crippen LogP contribution is -2.13. The highest BCUT2D eigenvalue weighted by molar-refractivity contribution is 6.28. The molecule has 0 atom stereocenters. The Balaban J connectivity index is 1.14. The van der Waals surface area contributed by atoms with Gasteiger partial charge >= 0.3 is 0 Å². The predicted molar refractivity (Wildman–Crippen MR) is 319 cm³/mol. The van der Waals surface area contributed by atoms with E-state index in [1.807, 2.05) is 24.3 Å². The van der Waals surface area contributed by atoms with Gasteiger partial charge in [-0.25, -0.2) is 8.78 Å². The standard InChI is InChI=1S/C72H58F2N2/c1-43-17-13-18-44(2)67(43)53-37-54(68-45(3)19-14-20-46(68)4)40-57(39-53)75(65-27-11-9-25-61(65)73)63-35-31-51-30-34-60-64(36-32-52-29-33-59(63)71(51)72(52)60)76(66-28-12-10-26-62(66)74)58-41-55(69-47(5)21-15-22-48(69)6)38-56(42-58)70-49(7)23-16-24-50(70)8/h9-42H,1-8H3. The monoisotopic (exact) mass is 988 g/mol. The van der Waals surface area contributed by atoms with Crippen molar-refractivity contribution in [3.8, 4) is 44.5 Å². The number of aryl methyl sites for hydroxylation is 8. The highest BCUT2D eigenvalue weighted by Crippen LogP contribution is 2.51. The number of para-hydroxylation sites is 2. The van der Waals surface area contributed by atoms with Gasteiger partial charge in [0.1, 0.15) is 11.6 Å². The van der Waals surface area contributed by atoms with Gasteiger partial charge in [-0.15, -0.1) is 0 Å². The highest BCUT2D eigenvalue weighted by atomic mass is 19.1. The van der Waals surface area contributed by atoms with Crippen LogP contribution in [-0.2, 0) is 0 Å². The quantitative estimate of drug-likeness (QED) is 0.126. The van der Waals surface area contributed by atoms with Crippen molar-refractivity contribution in [3.05, 3.63) is 262 Å². The Hall–Kier alpha value is -8.86. The van der Waals surface area contributed by atoms with Crippen LogP contribution in [0.2, 0.25) is 0 Å². The first-order valence-corrected chi connectivity index (χ1v) is 26.2. The van der Waals surface area contributed by atoms with Crippen molar-refractivity contribution in [1.82, 2.24) is 0 Å². The molecule has 4 heteroatoms. The van der Waals surface area contributed by atoms with E-state index in [9.17, 15) is 0 Å². The summed E-state index contributed by atoms with van der Waals surface area (Å²) in [5.74, 6) is -0.657. The van der Waals surface area contributed by atoms with E-state index in [0.717, 1.165) is 99.6 Å². The fourth-order valence-electron chi connectivity index (χ4n) is 12.4. The van der Waals surface area contributed by atoms with E-state index in [1.165, 1.54) is 44.5 Å². The first-order chi connectivity index (χ1) is 36.8. The number of rotatable bonds is 10. The van der Waals surface area contributed by atoms with Crippen LogP contribution >= 0.6 is 0 Å². The molecule has 0 aliphatic carbocycles. The minimum absolute atomic E-state index is 0.328. The number of nitrogens with zero attached hydrogens (tertiary/aromatic N) is 2. The summed E-state index contributed by atoms with van der Waals surface area (Å²) < 4.78 is 33.8. The lowest BCUT2D eigenvalue weighted by atomic mass is 9.89. The topological polar surface area (TPSA) is 6.48 Å². The molecule has 0 amide bonds. The molecule has 0 unspecified atom stereocenters.